The van der Waals surface area contributed by atoms with Crippen molar-refractivity contribution in [3.8, 4) is 23.0 Å². The summed E-state index contributed by atoms with van der Waals surface area (Å²) in [6, 6.07) is 20.6. The highest BCUT2D eigenvalue weighted by molar-refractivity contribution is 6.76. The van der Waals surface area contributed by atoms with Gasteiger partial charge in [0.25, 0.3) is 0 Å². The van der Waals surface area contributed by atoms with E-state index in [0.717, 1.165) is 45.1 Å². The topological polar surface area (TPSA) is 34.7 Å². The van der Waals surface area contributed by atoms with Gasteiger partial charge in [-0.1, -0.05) is 49.8 Å². The largest absolute Gasteiger partial charge is 0.372 e. The molecule has 0 fully saturated rings. The summed E-state index contributed by atoms with van der Waals surface area (Å²) in [5.41, 5.74) is 6.11. The zero-order valence-electron chi connectivity index (χ0n) is 22.5. The second-order valence-corrected chi connectivity index (χ2v) is 16.1. The SMILES string of the molecule is [C-]#[N+]c1ccc(-c2cnc3c(c2)cc(C#Cc2ccc(N(C)CCF)cc2)n3COCC[Si](C)(C)C)cc1. The predicted octanol–water partition coefficient (Wildman–Crippen LogP) is 7.37. The van der Waals surface area contributed by atoms with E-state index in [2.05, 4.69) is 48.5 Å². The fourth-order valence-electron chi connectivity index (χ4n) is 3.99. The second-order valence-electron chi connectivity index (χ2n) is 10.5. The van der Waals surface area contributed by atoms with Gasteiger partial charge < -0.3 is 9.64 Å². The number of benzene rings is 2. The second kappa shape index (κ2) is 12.1. The van der Waals surface area contributed by atoms with Gasteiger partial charge in [0.05, 0.1) is 12.3 Å². The number of hydrogen-bond donors (Lipinski definition) is 0. The highest BCUT2D eigenvalue weighted by Gasteiger charge is 2.14. The van der Waals surface area contributed by atoms with E-state index in [1.165, 1.54) is 0 Å². The first-order valence-corrected chi connectivity index (χ1v) is 16.4. The summed E-state index contributed by atoms with van der Waals surface area (Å²) in [6.45, 7) is 15.3. The normalized spacial score (nSPS) is 11.2. The third kappa shape index (κ3) is 6.89. The van der Waals surface area contributed by atoms with Gasteiger partial charge in [0.2, 0.25) is 0 Å². The molecule has 0 aliphatic rings. The number of rotatable bonds is 9. The summed E-state index contributed by atoms with van der Waals surface area (Å²) in [6.07, 6.45) is 1.86. The van der Waals surface area contributed by atoms with Crippen LogP contribution in [-0.2, 0) is 11.5 Å². The molecule has 0 bridgehead atoms. The van der Waals surface area contributed by atoms with Gasteiger partial charge in [0.15, 0.2) is 5.69 Å². The van der Waals surface area contributed by atoms with Gasteiger partial charge in [-0.3, -0.25) is 4.57 Å². The van der Waals surface area contributed by atoms with Crippen LogP contribution in [0.25, 0.3) is 27.0 Å². The molecule has 0 aliphatic carbocycles. The van der Waals surface area contributed by atoms with Crippen LogP contribution in [0, 0.1) is 18.4 Å². The Kier molecular flexibility index (Phi) is 8.63. The smallest absolute Gasteiger partial charge is 0.187 e. The number of halogens is 1. The van der Waals surface area contributed by atoms with E-state index in [0.29, 0.717) is 25.6 Å². The van der Waals surface area contributed by atoms with Crippen molar-refractivity contribution in [3.63, 3.8) is 0 Å². The molecule has 2 aromatic heterocycles. The highest BCUT2D eigenvalue weighted by atomic mass is 28.3. The lowest BCUT2D eigenvalue weighted by molar-refractivity contribution is 0.0894. The summed E-state index contributed by atoms with van der Waals surface area (Å²) >= 11 is 0. The van der Waals surface area contributed by atoms with Crippen LogP contribution in [0.5, 0.6) is 0 Å². The highest BCUT2D eigenvalue weighted by Crippen LogP contribution is 2.27. The lowest BCUT2D eigenvalue weighted by atomic mass is 10.1. The van der Waals surface area contributed by atoms with Gasteiger partial charge >= 0.3 is 0 Å². The van der Waals surface area contributed by atoms with Crippen LogP contribution < -0.4 is 4.90 Å². The van der Waals surface area contributed by atoms with Crippen molar-refractivity contribution >= 4 is 30.5 Å². The molecular weight excluding hydrogens is 491 g/mol. The average Bonchev–Trinajstić information content (AvgIpc) is 3.26. The number of hydrogen-bond acceptors (Lipinski definition) is 3. The first-order valence-electron chi connectivity index (χ1n) is 12.7. The quantitative estimate of drug-likeness (QED) is 0.0992. The maximum Gasteiger partial charge on any atom is 0.187 e. The van der Waals surface area contributed by atoms with Crippen molar-refractivity contribution in [1.29, 1.82) is 0 Å². The fraction of sp³-hybridized carbons (Fsp3) is 0.290. The molecule has 0 spiro atoms. The molecule has 38 heavy (non-hydrogen) atoms. The Balaban J connectivity index is 1.64. The first kappa shape index (κ1) is 27.1. The lowest BCUT2D eigenvalue weighted by Crippen LogP contribution is -2.22. The van der Waals surface area contributed by atoms with Gasteiger partial charge in [-0.2, -0.15) is 0 Å². The van der Waals surface area contributed by atoms with Gasteiger partial charge in [-0.15, -0.1) is 0 Å². The Labute approximate surface area is 225 Å². The Morgan fingerprint density at radius 3 is 2.42 bits per heavy atom. The third-order valence-electron chi connectivity index (χ3n) is 6.34. The molecule has 0 radical (unpaired) electrons. The Hall–Kier alpha value is -3.91. The summed E-state index contributed by atoms with van der Waals surface area (Å²) in [5, 5.41) is 0.984. The van der Waals surface area contributed by atoms with E-state index in [-0.39, 0.29) is 6.67 Å². The predicted molar refractivity (Wildman–Crippen MR) is 157 cm³/mol. The van der Waals surface area contributed by atoms with Gasteiger partial charge in [-0.25, -0.2) is 14.2 Å². The molecule has 5 nitrogen and oxygen atoms in total. The van der Waals surface area contributed by atoms with E-state index in [9.17, 15) is 4.39 Å². The molecule has 4 aromatic rings. The molecule has 0 unspecified atom stereocenters. The Morgan fingerprint density at radius 1 is 1.03 bits per heavy atom. The fourth-order valence-corrected chi connectivity index (χ4v) is 4.75. The van der Waals surface area contributed by atoms with Crippen LogP contribution in [0.2, 0.25) is 25.7 Å². The minimum atomic E-state index is -1.20. The Bertz CT molecular complexity index is 1490. The lowest BCUT2D eigenvalue weighted by Gasteiger charge is -2.17. The average molecular weight is 525 g/mol. The molecule has 4 rings (SSSR count). The molecule has 0 atom stereocenters. The molecule has 2 aromatic carbocycles. The minimum Gasteiger partial charge on any atom is -0.372 e. The molecule has 0 amide bonds. The van der Waals surface area contributed by atoms with Crippen molar-refractivity contribution in [2.45, 2.75) is 32.4 Å². The molecule has 0 aliphatic heterocycles. The van der Waals surface area contributed by atoms with Crippen LogP contribution in [-0.4, -0.2) is 44.5 Å². The number of alkyl halides is 1. The maximum atomic E-state index is 12.7. The zero-order chi connectivity index (χ0) is 27.1. The van der Waals surface area contributed by atoms with E-state index < -0.39 is 8.07 Å². The summed E-state index contributed by atoms with van der Waals surface area (Å²) < 4.78 is 20.8. The van der Waals surface area contributed by atoms with Crippen LogP contribution in [0.15, 0.2) is 66.9 Å². The van der Waals surface area contributed by atoms with Crippen LogP contribution in [0.1, 0.15) is 11.3 Å². The summed E-state index contributed by atoms with van der Waals surface area (Å²) in [4.78, 5) is 10.1. The summed E-state index contributed by atoms with van der Waals surface area (Å²) in [7, 11) is 0.680. The minimum absolute atomic E-state index is 0.363. The number of pyridine rings is 1. The van der Waals surface area contributed by atoms with Gasteiger partial charge in [-0.05, 0) is 53.9 Å². The molecular formula is C31H33FN4OSi. The summed E-state index contributed by atoms with van der Waals surface area (Å²) in [5.74, 6) is 6.59. The Morgan fingerprint density at radius 2 is 1.76 bits per heavy atom. The first-order chi connectivity index (χ1) is 18.3. The van der Waals surface area contributed by atoms with Gasteiger partial charge in [0.1, 0.15) is 19.1 Å². The number of aromatic nitrogens is 2. The number of nitrogens with zero attached hydrogens (tertiary/aromatic N) is 4. The van der Waals surface area contributed by atoms with Crippen molar-refractivity contribution in [3.05, 3.63) is 89.5 Å². The molecule has 0 saturated carbocycles. The monoisotopic (exact) mass is 524 g/mol. The van der Waals surface area contributed by atoms with E-state index in [4.69, 9.17) is 16.3 Å². The molecule has 2 heterocycles. The standard InChI is InChI=1S/C31H33FN4OSi/c1-33-28-11-9-25(10-12-28)27-20-26-21-30(15-8-24-6-13-29(14-7-24)35(2)17-16-32)36(31(26)34-22-27)23-37-18-19-38(3,4)5/h6-7,9-14,20-22H,16-19,23H2,2-5H3. The third-order valence-corrected chi connectivity index (χ3v) is 8.05. The van der Waals surface area contributed by atoms with Crippen LogP contribution in [0.4, 0.5) is 15.8 Å². The molecule has 194 valence electrons. The van der Waals surface area contributed by atoms with Crippen molar-refractivity contribution < 1.29 is 9.13 Å². The number of anilines is 1. The van der Waals surface area contributed by atoms with Crippen molar-refractivity contribution in [2.24, 2.45) is 0 Å². The van der Waals surface area contributed by atoms with Crippen LogP contribution in [0.3, 0.4) is 0 Å². The number of fused-ring (bicyclic) bond motifs is 1. The molecule has 0 N–H and O–H groups in total. The zero-order valence-corrected chi connectivity index (χ0v) is 23.5. The van der Waals surface area contributed by atoms with Crippen LogP contribution >= 0.6 is 0 Å². The van der Waals surface area contributed by atoms with E-state index in [1.807, 2.05) is 71.2 Å². The molecule has 0 saturated heterocycles. The molecule has 7 heteroatoms. The van der Waals surface area contributed by atoms with Gasteiger partial charge in [0, 0.05) is 56.7 Å². The van der Waals surface area contributed by atoms with E-state index in [1.54, 1.807) is 0 Å². The number of ether oxygens (including phenoxy) is 1. The van der Waals surface area contributed by atoms with Crippen molar-refractivity contribution in [1.82, 2.24) is 9.55 Å². The maximum absolute atomic E-state index is 12.7. The van der Waals surface area contributed by atoms with E-state index >= 15 is 0 Å². The van der Waals surface area contributed by atoms with Crippen molar-refractivity contribution in [2.75, 3.05) is 31.8 Å².